The Morgan fingerprint density at radius 1 is 1.12 bits per heavy atom. The number of para-hydroxylation sites is 2. The highest BCUT2D eigenvalue weighted by molar-refractivity contribution is 5.97. The molecule has 5 nitrogen and oxygen atoms in total. The zero-order chi connectivity index (χ0) is 16.9. The van der Waals surface area contributed by atoms with Crippen molar-refractivity contribution in [2.75, 3.05) is 13.1 Å². The Labute approximate surface area is 141 Å². The fourth-order valence-corrected chi connectivity index (χ4v) is 2.71. The van der Waals surface area contributed by atoms with E-state index in [0.717, 1.165) is 0 Å². The first-order valence-corrected chi connectivity index (χ1v) is 8.05. The third-order valence-corrected chi connectivity index (χ3v) is 4.06. The summed E-state index contributed by atoms with van der Waals surface area (Å²) in [7, 11) is 0. The Balaban J connectivity index is 1.86. The van der Waals surface area contributed by atoms with Crippen LogP contribution in [0.1, 0.15) is 23.7 Å². The van der Waals surface area contributed by atoms with Crippen LogP contribution in [0.2, 0.25) is 0 Å². The van der Waals surface area contributed by atoms with Gasteiger partial charge in [0.2, 0.25) is 5.91 Å². The Bertz CT molecular complexity index is 730. The van der Waals surface area contributed by atoms with Gasteiger partial charge in [0.05, 0.1) is 5.56 Å². The molecule has 5 heteroatoms. The van der Waals surface area contributed by atoms with Gasteiger partial charge in [-0.05, 0) is 31.2 Å². The summed E-state index contributed by atoms with van der Waals surface area (Å²) in [4.78, 5) is 26.3. The molecule has 1 N–H and O–H groups in total. The van der Waals surface area contributed by atoms with E-state index in [1.165, 1.54) is 0 Å². The van der Waals surface area contributed by atoms with Crippen molar-refractivity contribution < 1.29 is 14.3 Å². The van der Waals surface area contributed by atoms with Gasteiger partial charge < -0.3 is 15.0 Å². The third-order valence-electron chi connectivity index (χ3n) is 4.06. The summed E-state index contributed by atoms with van der Waals surface area (Å²) in [5, 5.41) is 2.82. The molecule has 24 heavy (non-hydrogen) atoms. The molecule has 2 aromatic carbocycles. The van der Waals surface area contributed by atoms with Crippen LogP contribution in [0.3, 0.4) is 0 Å². The molecule has 0 spiro atoms. The zero-order valence-corrected chi connectivity index (χ0v) is 13.6. The molecule has 2 aromatic rings. The highest BCUT2D eigenvalue weighted by Gasteiger charge is 2.27. The number of hydrogen-bond donors (Lipinski definition) is 1. The van der Waals surface area contributed by atoms with Crippen LogP contribution in [-0.4, -0.2) is 35.8 Å². The minimum atomic E-state index is -0.120. The van der Waals surface area contributed by atoms with E-state index in [1.54, 1.807) is 17.0 Å². The number of carbonyl (C=O) groups excluding carboxylic acids is 2. The SMILES string of the molecule is C[C@@H]1CNC(=O)CCN1C(=O)c1ccccc1Oc1ccccc1. The first-order chi connectivity index (χ1) is 11.6. The number of amides is 2. The molecule has 0 unspecified atom stereocenters. The third kappa shape index (κ3) is 3.56. The van der Waals surface area contributed by atoms with Gasteiger partial charge in [0.1, 0.15) is 11.5 Å². The van der Waals surface area contributed by atoms with Crippen LogP contribution in [0.4, 0.5) is 0 Å². The van der Waals surface area contributed by atoms with Gasteiger partial charge in [-0.2, -0.15) is 0 Å². The van der Waals surface area contributed by atoms with Crippen LogP contribution >= 0.6 is 0 Å². The van der Waals surface area contributed by atoms with E-state index in [9.17, 15) is 9.59 Å². The maximum absolute atomic E-state index is 13.0. The fourth-order valence-electron chi connectivity index (χ4n) is 2.71. The van der Waals surface area contributed by atoms with Crippen molar-refractivity contribution in [1.82, 2.24) is 10.2 Å². The number of nitrogens with zero attached hydrogens (tertiary/aromatic N) is 1. The van der Waals surface area contributed by atoms with Crippen molar-refractivity contribution >= 4 is 11.8 Å². The second-order valence-corrected chi connectivity index (χ2v) is 5.81. The van der Waals surface area contributed by atoms with Crippen molar-refractivity contribution in [2.45, 2.75) is 19.4 Å². The molecule has 3 rings (SSSR count). The topological polar surface area (TPSA) is 58.6 Å². The van der Waals surface area contributed by atoms with Crippen LogP contribution < -0.4 is 10.1 Å². The van der Waals surface area contributed by atoms with E-state index in [-0.39, 0.29) is 17.9 Å². The lowest BCUT2D eigenvalue weighted by atomic mass is 10.1. The molecule has 0 saturated carbocycles. The van der Waals surface area contributed by atoms with Crippen LogP contribution in [0.5, 0.6) is 11.5 Å². The molecule has 0 radical (unpaired) electrons. The van der Waals surface area contributed by atoms with E-state index < -0.39 is 0 Å². The van der Waals surface area contributed by atoms with Crippen LogP contribution in [0.15, 0.2) is 54.6 Å². The zero-order valence-electron chi connectivity index (χ0n) is 13.6. The Morgan fingerprint density at radius 3 is 2.62 bits per heavy atom. The summed E-state index contributed by atoms with van der Waals surface area (Å²) in [5.74, 6) is 1.06. The van der Waals surface area contributed by atoms with Crippen molar-refractivity contribution in [3.63, 3.8) is 0 Å². The molecule has 1 saturated heterocycles. The normalized spacial score (nSPS) is 17.8. The predicted molar refractivity (Wildman–Crippen MR) is 91.1 cm³/mol. The summed E-state index contributed by atoms with van der Waals surface area (Å²) in [6.07, 6.45) is 0.317. The first-order valence-electron chi connectivity index (χ1n) is 8.05. The van der Waals surface area contributed by atoms with E-state index >= 15 is 0 Å². The second kappa shape index (κ2) is 7.17. The second-order valence-electron chi connectivity index (χ2n) is 5.81. The van der Waals surface area contributed by atoms with Gasteiger partial charge in [-0.15, -0.1) is 0 Å². The van der Waals surface area contributed by atoms with Gasteiger partial charge in [-0.3, -0.25) is 9.59 Å². The summed E-state index contributed by atoms with van der Waals surface area (Å²) in [6, 6.07) is 16.5. The number of ether oxygens (including phenoxy) is 1. The van der Waals surface area contributed by atoms with E-state index in [0.29, 0.717) is 36.6 Å². The van der Waals surface area contributed by atoms with Crippen molar-refractivity contribution in [2.24, 2.45) is 0 Å². The summed E-state index contributed by atoms with van der Waals surface area (Å²) < 4.78 is 5.88. The molecule has 1 aliphatic rings. The number of nitrogens with one attached hydrogen (secondary N) is 1. The molecule has 1 atom stereocenters. The van der Waals surface area contributed by atoms with E-state index in [1.807, 2.05) is 49.4 Å². The number of hydrogen-bond acceptors (Lipinski definition) is 3. The van der Waals surface area contributed by atoms with Crippen molar-refractivity contribution in [3.8, 4) is 11.5 Å². The molecule has 2 amide bonds. The lowest BCUT2D eigenvalue weighted by Crippen LogP contribution is -2.41. The van der Waals surface area contributed by atoms with Gasteiger partial charge in [-0.25, -0.2) is 0 Å². The molecule has 124 valence electrons. The Morgan fingerprint density at radius 2 is 1.83 bits per heavy atom. The standard InChI is InChI=1S/C19H20N2O3/c1-14-13-20-18(22)11-12-21(14)19(23)16-9-5-6-10-17(16)24-15-7-3-2-4-8-15/h2-10,14H,11-13H2,1H3,(H,20,22)/t14-/m1/s1. The minimum Gasteiger partial charge on any atom is -0.457 e. The maximum atomic E-state index is 13.0. The van der Waals surface area contributed by atoms with Crippen LogP contribution in [-0.2, 0) is 4.79 Å². The summed E-state index contributed by atoms with van der Waals surface area (Å²) >= 11 is 0. The lowest BCUT2D eigenvalue weighted by Gasteiger charge is -2.27. The van der Waals surface area contributed by atoms with Gasteiger partial charge in [0.15, 0.2) is 0 Å². The quantitative estimate of drug-likeness (QED) is 0.944. The molecular formula is C19H20N2O3. The Hall–Kier alpha value is -2.82. The van der Waals surface area contributed by atoms with Gasteiger partial charge in [0.25, 0.3) is 5.91 Å². The van der Waals surface area contributed by atoms with Gasteiger partial charge >= 0.3 is 0 Å². The lowest BCUT2D eigenvalue weighted by molar-refractivity contribution is -0.120. The largest absolute Gasteiger partial charge is 0.457 e. The number of benzene rings is 2. The van der Waals surface area contributed by atoms with Crippen molar-refractivity contribution in [1.29, 1.82) is 0 Å². The maximum Gasteiger partial charge on any atom is 0.257 e. The molecule has 1 fully saturated rings. The van der Waals surface area contributed by atoms with Crippen LogP contribution in [0, 0.1) is 0 Å². The average Bonchev–Trinajstić information content (AvgIpc) is 2.77. The fraction of sp³-hybridized carbons (Fsp3) is 0.263. The number of carbonyl (C=O) groups is 2. The van der Waals surface area contributed by atoms with Crippen molar-refractivity contribution in [3.05, 3.63) is 60.2 Å². The highest BCUT2D eigenvalue weighted by Crippen LogP contribution is 2.26. The highest BCUT2D eigenvalue weighted by atomic mass is 16.5. The summed E-state index contributed by atoms with van der Waals surface area (Å²) in [6.45, 7) is 2.81. The Kier molecular flexibility index (Phi) is 4.79. The van der Waals surface area contributed by atoms with E-state index in [2.05, 4.69) is 5.32 Å². The summed E-state index contributed by atoms with van der Waals surface area (Å²) in [5.41, 5.74) is 0.502. The molecule has 0 aromatic heterocycles. The van der Waals surface area contributed by atoms with Gasteiger partial charge in [0, 0.05) is 25.6 Å². The smallest absolute Gasteiger partial charge is 0.257 e. The predicted octanol–water partition coefficient (Wildman–Crippen LogP) is 2.83. The van der Waals surface area contributed by atoms with Gasteiger partial charge in [-0.1, -0.05) is 30.3 Å². The monoisotopic (exact) mass is 324 g/mol. The molecular weight excluding hydrogens is 304 g/mol. The average molecular weight is 324 g/mol. The molecule has 0 bridgehead atoms. The molecule has 1 heterocycles. The minimum absolute atomic E-state index is 0.0222. The van der Waals surface area contributed by atoms with E-state index in [4.69, 9.17) is 4.74 Å². The number of rotatable bonds is 3. The first kappa shape index (κ1) is 16.1. The molecule has 0 aliphatic carbocycles. The van der Waals surface area contributed by atoms with Crippen LogP contribution in [0.25, 0.3) is 0 Å². The molecule has 1 aliphatic heterocycles.